The fourth-order valence-corrected chi connectivity index (χ4v) is 2.43. The van der Waals surface area contributed by atoms with Crippen molar-refractivity contribution in [1.82, 2.24) is 15.1 Å². The molecule has 1 fully saturated rings. The minimum Gasteiger partial charge on any atom is -0.344 e. The van der Waals surface area contributed by atoms with E-state index < -0.39 is 5.54 Å². The summed E-state index contributed by atoms with van der Waals surface area (Å²) < 4.78 is 0. The number of hydrogen-bond acceptors (Lipinski definition) is 3. The van der Waals surface area contributed by atoms with Crippen molar-refractivity contribution in [2.45, 2.75) is 46.6 Å². The van der Waals surface area contributed by atoms with Gasteiger partial charge in [0.25, 0.3) is 0 Å². The van der Waals surface area contributed by atoms with Crippen LogP contribution in [0, 0.1) is 5.41 Å². The quantitative estimate of drug-likeness (QED) is 0.841. The van der Waals surface area contributed by atoms with E-state index in [2.05, 4.69) is 31.0 Å². The minimum atomic E-state index is -0.394. The van der Waals surface area contributed by atoms with E-state index in [1.807, 2.05) is 25.8 Å². The second-order valence-electron chi connectivity index (χ2n) is 7.33. The van der Waals surface area contributed by atoms with Crippen LogP contribution in [0.25, 0.3) is 0 Å². The number of nitrogens with one attached hydrogen (secondary N) is 1. The summed E-state index contributed by atoms with van der Waals surface area (Å²) in [5, 5.41) is 3.33. The normalized spacial score (nSPS) is 18.4. The average Bonchev–Trinajstić information content (AvgIpc) is 2.35. The second kappa shape index (κ2) is 6.23. The third kappa shape index (κ3) is 4.77. The van der Waals surface area contributed by atoms with E-state index in [0.29, 0.717) is 0 Å². The van der Waals surface area contributed by atoms with Crippen molar-refractivity contribution in [2.24, 2.45) is 5.41 Å². The highest BCUT2D eigenvalue weighted by atomic mass is 16.2. The van der Waals surface area contributed by atoms with Crippen molar-refractivity contribution >= 4 is 5.91 Å². The first-order valence-electron chi connectivity index (χ1n) is 7.36. The zero-order valence-corrected chi connectivity index (χ0v) is 13.5. The van der Waals surface area contributed by atoms with Crippen molar-refractivity contribution in [1.29, 1.82) is 0 Å². The molecule has 1 rings (SSSR count). The first-order chi connectivity index (χ1) is 8.64. The first kappa shape index (κ1) is 16.4. The average molecular weight is 269 g/mol. The molecule has 0 unspecified atom stereocenters. The van der Waals surface area contributed by atoms with E-state index in [1.54, 1.807) is 0 Å². The summed E-state index contributed by atoms with van der Waals surface area (Å²) in [6.45, 7) is 15.4. The summed E-state index contributed by atoms with van der Waals surface area (Å²) >= 11 is 0. The molecule has 112 valence electrons. The second-order valence-corrected chi connectivity index (χ2v) is 7.33. The number of nitrogens with zero attached hydrogens (tertiary/aromatic N) is 2. The van der Waals surface area contributed by atoms with E-state index in [-0.39, 0.29) is 11.3 Å². The SMILES string of the molecule is CN(CCC(C)(C)C)C(=O)C(C)(C)N1CCNCC1. The Morgan fingerprint density at radius 3 is 2.16 bits per heavy atom. The molecule has 1 heterocycles. The van der Waals surface area contributed by atoms with Crippen LogP contribution in [0.15, 0.2) is 0 Å². The number of carbonyl (C=O) groups is 1. The number of amides is 1. The third-order valence-electron chi connectivity index (χ3n) is 3.97. The summed E-state index contributed by atoms with van der Waals surface area (Å²) in [6, 6.07) is 0. The van der Waals surface area contributed by atoms with Crippen molar-refractivity contribution < 1.29 is 4.79 Å². The van der Waals surface area contributed by atoms with E-state index in [1.165, 1.54) is 0 Å². The highest BCUT2D eigenvalue weighted by Gasteiger charge is 2.37. The Balaban J connectivity index is 2.58. The van der Waals surface area contributed by atoms with Crippen LogP contribution in [-0.4, -0.2) is 61.0 Å². The number of hydrogen-bond donors (Lipinski definition) is 1. The maximum atomic E-state index is 12.6. The van der Waals surface area contributed by atoms with Crippen molar-refractivity contribution in [3.8, 4) is 0 Å². The fraction of sp³-hybridized carbons (Fsp3) is 0.933. The van der Waals surface area contributed by atoms with E-state index in [4.69, 9.17) is 0 Å². The van der Waals surface area contributed by atoms with Crippen LogP contribution in [-0.2, 0) is 4.79 Å². The Bertz CT molecular complexity index is 301. The molecule has 1 amide bonds. The largest absolute Gasteiger partial charge is 0.344 e. The highest BCUT2D eigenvalue weighted by molar-refractivity contribution is 5.85. The summed E-state index contributed by atoms with van der Waals surface area (Å²) in [5.41, 5.74) is -0.123. The first-order valence-corrected chi connectivity index (χ1v) is 7.36. The highest BCUT2D eigenvalue weighted by Crippen LogP contribution is 2.21. The maximum absolute atomic E-state index is 12.6. The molecule has 1 saturated heterocycles. The zero-order valence-electron chi connectivity index (χ0n) is 13.5. The lowest BCUT2D eigenvalue weighted by atomic mass is 9.91. The van der Waals surface area contributed by atoms with Gasteiger partial charge in [0.2, 0.25) is 5.91 Å². The van der Waals surface area contributed by atoms with Gasteiger partial charge in [0.1, 0.15) is 0 Å². The topological polar surface area (TPSA) is 35.6 Å². The molecule has 0 bridgehead atoms. The van der Waals surface area contributed by atoms with Crippen LogP contribution in [0.1, 0.15) is 41.0 Å². The summed E-state index contributed by atoms with van der Waals surface area (Å²) in [7, 11) is 1.93. The van der Waals surface area contributed by atoms with Crippen LogP contribution in [0.4, 0.5) is 0 Å². The molecule has 0 aliphatic carbocycles. The Labute approximate surface area is 118 Å². The Morgan fingerprint density at radius 2 is 1.68 bits per heavy atom. The number of carbonyl (C=O) groups excluding carboxylic acids is 1. The van der Waals surface area contributed by atoms with Gasteiger partial charge < -0.3 is 10.2 Å². The number of piperazine rings is 1. The number of rotatable bonds is 4. The zero-order chi connectivity index (χ0) is 14.7. The molecule has 19 heavy (non-hydrogen) atoms. The fourth-order valence-electron chi connectivity index (χ4n) is 2.43. The Morgan fingerprint density at radius 1 is 1.16 bits per heavy atom. The van der Waals surface area contributed by atoms with Gasteiger partial charge in [-0.05, 0) is 25.7 Å². The molecule has 1 aliphatic rings. The van der Waals surface area contributed by atoms with Gasteiger partial charge >= 0.3 is 0 Å². The molecule has 1 N–H and O–H groups in total. The molecular weight excluding hydrogens is 238 g/mol. The summed E-state index contributed by atoms with van der Waals surface area (Å²) in [6.07, 6.45) is 1.03. The molecule has 0 radical (unpaired) electrons. The molecule has 0 aromatic rings. The van der Waals surface area contributed by atoms with Crippen LogP contribution in [0.3, 0.4) is 0 Å². The molecule has 0 aromatic carbocycles. The van der Waals surface area contributed by atoms with Gasteiger partial charge in [-0.25, -0.2) is 0 Å². The molecular formula is C15H31N3O. The van der Waals surface area contributed by atoms with E-state index in [9.17, 15) is 4.79 Å². The molecule has 0 atom stereocenters. The lowest BCUT2D eigenvalue weighted by molar-refractivity contribution is -0.142. The summed E-state index contributed by atoms with van der Waals surface area (Å²) in [4.78, 5) is 16.8. The molecule has 0 aromatic heterocycles. The lowest BCUT2D eigenvalue weighted by Crippen LogP contribution is -2.60. The van der Waals surface area contributed by atoms with E-state index >= 15 is 0 Å². The molecule has 4 heteroatoms. The lowest BCUT2D eigenvalue weighted by Gasteiger charge is -2.42. The summed E-state index contributed by atoms with van der Waals surface area (Å²) in [5.74, 6) is 0.235. The molecule has 0 spiro atoms. The number of likely N-dealkylation sites (N-methyl/N-ethyl adjacent to an activating group) is 1. The van der Waals surface area contributed by atoms with Crippen LogP contribution < -0.4 is 5.32 Å². The van der Waals surface area contributed by atoms with Crippen LogP contribution in [0.2, 0.25) is 0 Å². The van der Waals surface area contributed by atoms with Gasteiger partial charge in [-0.1, -0.05) is 20.8 Å². The van der Waals surface area contributed by atoms with Gasteiger partial charge in [-0.3, -0.25) is 9.69 Å². The van der Waals surface area contributed by atoms with Gasteiger partial charge in [0.15, 0.2) is 0 Å². The third-order valence-corrected chi connectivity index (χ3v) is 3.97. The van der Waals surface area contributed by atoms with Gasteiger partial charge in [0.05, 0.1) is 5.54 Å². The Hall–Kier alpha value is -0.610. The minimum absolute atomic E-state index is 0.235. The van der Waals surface area contributed by atoms with Gasteiger partial charge in [-0.2, -0.15) is 0 Å². The molecule has 1 aliphatic heterocycles. The smallest absolute Gasteiger partial charge is 0.242 e. The van der Waals surface area contributed by atoms with Crippen molar-refractivity contribution in [2.75, 3.05) is 39.8 Å². The monoisotopic (exact) mass is 269 g/mol. The predicted octanol–water partition coefficient (Wildman–Crippen LogP) is 1.56. The van der Waals surface area contributed by atoms with Crippen LogP contribution >= 0.6 is 0 Å². The van der Waals surface area contributed by atoms with Crippen molar-refractivity contribution in [3.05, 3.63) is 0 Å². The van der Waals surface area contributed by atoms with Crippen molar-refractivity contribution in [3.63, 3.8) is 0 Å². The molecule has 4 nitrogen and oxygen atoms in total. The standard InChI is InChI=1S/C15H31N3O/c1-14(2,3)7-10-17(6)13(19)15(4,5)18-11-8-16-9-12-18/h16H,7-12H2,1-6H3. The van der Waals surface area contributed by atoms with Gasteiger partial charge in [0, 0.05) is 39.8 Å². The maximum Gasteiger partial charge on any atom is 0.242 e. The van der Waals surface area contributed by atoms with Crippen LogP contribution in [0.5, 0.6) is 0 Å². The van der Waals surface area contributed by atoms with Gasteiger partial charge in [-0.15, -0.1) is 0 Å². The predicted molar refractivity (Wildman–Crippen MR) is 80.2 cm³/mol. The van der Waals surface area contributed by atoms with E-state index in [0.717, 1.165) is 39.1 Å². The molecule has 0 saturated carbocycles. The Kier molecular flexibility index (Phi) is 5.39.